The van der Waals surface area contributed by atoms with Gasteiger partial charge in [0.1, 0.15) is 0 Å². The Kier molecular flexibility index (Phi) is 4.06. The zero-order valence-electron chi connectivity index (χ0n) is 13.4. The van der Waals surface area contributed by atoms with Crippen molar-refractivity contribution in [1.29, 1.82) is 0 Å². The van der Waals surface area contributed by atoms with Gasteiger partial charge in [-0.1, -0.05) is 60.7 Å². The minimum Gasteiger partial charge on any atom is -0.401 e. The second kappa shape index (κ2) is 6.50. The lowest BCUT2D eigenvalue weighted by molar-refractivity contribution is 1.31. The average Bonchev–Trinajstić information content (AvgIpc) is 2.89. The highest BCUT2D eigenvalue weighted by atomic mass is 32.1. The topological polar surface area (TPSA) is 26.0 Å². The molecule has 2 N–H and O–H groups in total. The fourth-order valence-corrected chi connectivity index (χ4v) is 4.30. The monoisotopic (exact) mass is 329 g/mol. The van der Waals surface area contributed by atoms with Gasteiger partial charge in [0.15, 0.2) is 0 Å². The van der Waals surface area contributed by atoms with E-state index in [1.165, 1.54) is 31.3 Å². The van der Waals surface area contributed by atoms with Crippen molar-refractivity contribution in [2.45, 2.75) is 12.8 Å². The minimum absolute atomic E-state index is 0.809. The Bertz CT molecular complexity index is 998. The molecule has 0 unspecified atom stereocenters. The minimum atomic E-state index is 0.809. The average molecular weight is 329 g/mol. The first kappa shape index (κ1) is 15.0. The van der Waals surface area contributed by atoms with Gasteiger partial charge in [-0.05, 0) is 35.8 Å². The van der Waals surface area contributed by atoms with Gasteiger partial charge in [0.05, 0.1) is 0 Å². The molecule has 4 rings (SSSR count). The normalized spacial score (nSPS) is 18.8. The van der Waals surface area contributed by atoms with E-state index in [2.05, 4.69) is 78.9 Å². The van der Waals surface area contributed by atoms with Crippen LogP contribution in [0.3, 0.4) is 0 Å². The van der Waals surface area contributed by atoms with Gasteiger partial charge in [0, 0.05) is 32.3 Å². The molecule has 0 saturated heterocycles. The van der Waals surface area contributed by atoms with E-state index in [0.717, 1.165) is 18.5 Å². The quantitative estimate of drug-likeness (QED) is 0.838. The van der Waals surface area contributed by atoms with Crippen LogP contribution in [0.15, 0.2) is 60.7 Å². The van der Waals surface area contributed by atoms with Gasteiger partial charge in [-0.15, -0.1) is 11.3 Å². The van der Waals surface area contributed by atoms with Crippen LogP contribution in [0.1, 0.15) is 28.8 Å². The molecule has 0 bridgehead atoms. The second-order valence-electron chi connectivity index (χ2n) is 5.97. The third kappa shape index (κ3) is 2.81. The van der Waals surface area contributed by atoms with E-state index in [9.17, 15) is 0 Å². The number of rotatable bonds is 1. The summed E-state index contributed by atoms with van der Waals surface area (Å²) in [5.41, 5.74) is 11.2. The van der Waals surface area contributed by atoms with E-state index in [1.807, 2.05) is 11.3 Å². The summed E-state index contributed by atoms with van der Waals surface area (Å²) in [5, 5.41) is 1.21. The molecule has 2 heteroatoms. The van der Waals surface area contributed by atoms with Crippen molar-refractivity contribution in [2.24, 2.45) is 5.73 Å². The van der Waals surface area contributed by atoms with Crippen molar-refractivity contribution in [2.75, 3.05) is 0 Å². The van der Waals surface area contributed by atoms with Crippen molar-refractivity contribution < 1.29 is 0 Å². The first-order valence-corrected chi connectivity index (χ1v) is 9.02. The van der Waals surface area contributed by atoms with Crippen LogP contribution in [-0.4, -0.2) is 0 Å². The zero-order valence-corrected chi connectivity index (χ0v) is 14.2. The van der Waals surface area contributed by atoms with Gasteiger partial charge in [0.25, 0.3) is 0 Å². The summed E-state index contributed by atoms with van der Waals surface area (Å²) in [5.74, 6) is 0. The fourth-order valence-electron chi connectivity index (χ4n) is 3.15. The lowest BCUT2D eigenvalue weighted by Gasteiger charge is -2.06. The number of fused-ring (bicyclic) bond motifs is 3. The van der Waals surface area contributed by atoms with Crippen molar-refractivity contribution in [3.63, 3.8) is 0 Å². The standard InChI is InChI=1S/C22H19NS/c23-19-12-7-8-14-21-22(19)18-15-17(16-9-3-1-4-10-16)11-5-2-6-13-20(18)24-21/h1-10,13-15H,11-12,23H2/b5-2-,13-6-,17-15?. The summed E-state index contributed by atoms with van der Waals surface area (Å²) in [7, 11) is 0. The molecule has 1 aromatic carbocycles. The third-order valence-corrected chi connectivity index (χ3v) is 5.48. The molecule has 24 heavy (non-hydrogen) atoms. The summed E-state index contributed by atoms with van der Waals surface area (Å²) >= 11 is 1.81. The number of hydrogen-bond acceptors (Lipinski definition) is 2. The van der Waals surface area contributed by atoms with Crippen LogP contribution in [0.5, 0.6) is 0 Å². The number of nitrogens with two attached hydrogens (primary N) is 1. The molecule has 0 radical (unpaired) electrons. The van der Waals surface area contributed by atoms with E-state index in [1.54, 1.807) is 0 Å². The summed E-state index contributed by atoms with van der Waals surface area (Å²) in [6.45, 7) is 0. The summed E-state index contributed by atoms with van der Waals surface area (Å²) in [6.07, 6.45) is 19.1. The first-order valence-electron chi connectivity index (χ1n) is 8.20. The molecule has 1 nitrogen and oxygen atoms in total. The predicted octanol–water partition coefficient (Wildman–Crippen LogP) is 4.07. The zero-order chi connectivity index (χ0) is 16.4. The van der Waals surface area contributed by atoms with E-state index in [4.69, 9.17) is 5.73 Å². The van der Waals surface area contributed by atoms with Crippen molar-refractivity contribution in [3.05, 3.63) is 86.5 Å². The maximum Gasteiger partial charge on any atom is 0.0372 e. The van der Waals surface area contributed by atoms with Gasteiger partial charge in [-0.25, -0.2) is 0 Å². The van der Waals surface area contributed by atoms with Gasteiger partial charge in [-0.3, -0.25) is 0 Å². The molecule has 0 saturated carbocycles. The highest BCUT2D eigenvalue weighted by Crippen LogP contribution is 2.25. The number of thiophene rings is 1. The van der Waals surface area contributed by atoms with E-state index in [-0.39, 0.29) is 0 Å². The molecule has 2 aliphatic carbocycles. The van der Waals surface area contributed by atoms with Crippen LogP contribution in [0.25, 0.3) is 29.5 Å². The largest absolute Gasteiger partial charge is 0.401 e. The Morgan fingerprint density at radius 3 is 2.62 bits per heavy atom. The Hall–Kier alpha value is -2.58. The smallest absolute Gasteiger partial charge is 0.0372 e. The summed E-state index contributed by atoms with van der Waals surface area (Å²) < 4.78 is 1.25. The van der Waals surface area contributed by atoms with Crippen LogP contribution in [0, 0.1) is 0 Å². The molecule has 1 heterocycles. The van der Waals surface area contributed by atoms with E-state index >= 15 is 0 Å². The molecular formula is C22H19NS. The Morgan fingerprint density at radius 2 is 1.75 bits per heavy atom. The lowest BCUT2D eigenvalue weighted by atomic mass is 9.99. The SMILES string of the molecule is NC1=c2c3c(sc2=CC=CC1)/C=C\C=C/CC(c1ccccc1)=C3. The molecule has 0 aliphatic heterocycles. The van der Waals surface area contributed by atoms with Crippen molar-refractivity contribution >= 4 is 40.8 Å². The Labute approximate surface area is 146 Å². The number of benzene rings is 1. The molecule has 0 spiro atoms. The van der Waals surface area contributed by atoms with Crippen LogP contribution in [0.2, 0.25) is 0 Å². The highest BCUT2D eigenvalue weighted by molar-refractivity contribution is 7.11. The predicted molar refractivity (Wildman–Crippen MR) is 106 cm³/mol. The molecule has 118 valence electrons. The summed E-state index contributed by atoms with van der Waals surface area (Å²) in [6, 6.07) is 10.6. The second-order valence-corrected chi connectivity index (χ2v) is 7.05. The molecule has 1 aromatic heterocycles. The summed E-state index contributed by atoms with van der Waals surface area (Å²) in [4.78, 5) is 1.27. The third-order valence-electron chi connectivity index (χ3n) is 4.34. The van der Waals surface area contributed by atoms with Gasteiger partial charge in [-0.2, -0.15) is 0 Å². The van der Waals surface area contributed by atoms with E-state index in [0.29, 0.717) is 0 Å². The van der Waals surface area contributed by atoms with Gasteiger partial charge >= 0.3 is 0 Å². The van der Waals surface area contributed by atoms with Crippen LogP contribution in [-0.2, 0) is 0 Å². The van der Waals surface area contributed by atoms with Crippen molar-refractivity contribution in [1.82, 2.24) is 0 Å². The lowest BCUT2D eigenvalue weighted by Crippen LogP contribution is -2.26. The molecule has 2 aromatic rings. The van der Waals surface area contributed by atoms with Gasteiger partial charge in [0.2, 0.25) is 0 Å². The fraction of sp³-hybridized carbons (Fsp3) is 0.0909. The van der Waals surface area contributed by atoms with Crippen LogP contribution < -0.4 is 15.5 Å². The Morgan fingerprint density at radius 1 is 0.917 bits per heavy atom. The maximum absolute atomic E-state index is 6.41. The van der Waals surface area contributed by atoms with Crippen molar-refractivity contribution in [3.8, 4) is 0 Å². The molecule has 0 amide bonds. The maximum atomic E-state index is 6.41. The molecule has 0 fully saturated rings. The number of allylic oxidation sites excluding steroid dienone is 5. The molecule has 0 atom stereocenters. The van der Waals surface area contributed by atoms with E-state index < -0.39 is 0 Å². The molecular weight excluding hydrogens is 310 g/mol. The first-order chi connectivity index (χ1) is 11.8. The molecule has 2 aliphatic rings. The van der Waals surface area contributed by atoms with Gasteiger partial charge < -0.3 is 5.73 Å². The van der Waals surface area contributed by atoms with Crippen LogP contribution in [0.4, 0.5) is 0 Å². The highest BCUT2D eigenvalue weighted by Gasteiger charge is 2.11. The Balaban J connectivity index is 2.02. The van der Waals surface area contributed by atoms with Crippen LogP contribution >= 0.6 is 11.3 Å². The number of hydrogen-bond donors (Lipinski definition) is 1.